The van der Waals surface area contributed by atoms with Crippen LogP contribution in [0.2, 0.25) is 0 Å². The monoisotopic (exact) mass is 494 g/mol. The van der Waals surface area contributed by atoms with E-state index in [2.05, 4.69) is 20.0 Å². The van der Waals surface area contributed by atoms with Crippen molar-refractivity contribution in [3.63, 3.8) is 0 Å². The lowest BCUT2D eigenvalue weighted by Gasteiger charge is -2.14. The number of fused-ring (bicyclic) bond motifs is 2. The number of carbonyl (C=O) groups excluding carboxylic acids is 1. The lowest BCUT2D eigenvalue weighted by atomic mass is 10.1. The Balaban J connectivity index is 1.47. The molecule has 0 fully saturated rings. The number of aromatic nitrogens is 3. The van der Waals surface area contributed by atoms with Gasteiger partial charge in [-0.3, -0.25) is 14.3 Å². The van der Waals surface area contributed by atoms with E-state index in [0.29, 0.717) is 39.1 Å². The highest BCUT2D eigenvalue weighted by Crippen LogP contribution is 2.36. The van der Waals surface area contributed by atoms with Gasteiger partial charge in [0.1, 0.15) is 17.0 Å². The Kier molecular flexibility index (Phi) is 5.59. The Labute approximate surface area is 200 Å². The van der Waals surface area contributed by atoms with Crippen LogP contribution >= 0.6 is 0 Å². The van der Waals surface area contributed by atoms with E-state index < -0.39 is 18.0 Å². The van der Waals surface area contributed by atoms with Crippen molar-refractivity contribution in [1.29, 1.82) is 0 Å². The summed E-state index contributed by atoms with van der Waals surface area (Å²) < 4.78 is 49.1. The summed E-state index contributed by atoms with van der Waals surface area (Å²) in [6, 6.07) is 16.9. The van der Waals surface area contributed by atoms with Crippen molar-refractivity contribution >= 4 is 33.5 Å². The lowest BCUT2D eigenvalue weighted by Crippen LogP contribution is -2.18. The number of alkyl halides is 3. The van der Waals surface area contributed by atoms with Crippen LogP contribution in [0.4, 0.5) is 18.9 Å². The number of imidazole rings is 1. The SMILES string of the molecule is Cn1c(=O)[nH]c2nccc(Oc3ccc(NC(=O)c4cccc(OC(F)(F)F)c4)c4ccccc34)c21. The number of halogens is 3. The zero-order valence-electron chi connectivity index (χ0n) is 18.6. The van der Waals surface area contributed by atoms with Crippen LogP contribution in [0.25, 0.3) is 21.9 Å². The van der Waals surface area contributed by atoms with Gasteiger partial charge in [0.25, 0.3) is 5.91 Å². The molecule has 0 spiro atoms. The van der Waals surface area contributed by atoms with E-state index in [1.165, 1.54) is 22.9 Å². The number of aromatic amines is 1. The van der Waals surface area contributed by atoms with Crippen molar-refractivity contribution in [3.05, 3.63) is 89.0 Å². The van der Waals surface area contributed by atoms with Crippen LogP contribution in [0, 0.1) is 0 Å². The second-order valence-corrected chi connectivity index (χ2v) is 7.78. The maximum absolute atomic E-state index is 12.8. The fourth-order valence-electron chi connectivity index (χ4n) is 3.84. The van der Waals surface area contributed by atoms with E-state index >= 15 is 0 Å². The van der Waals surface area contributed by atoms with Gasteiger partial charge in [0, 0.05) is 41.3 Å². The first-order valence-electron chi connectivity index (χ1n) is 10.6. The quantitative estimate of drug-likeness (QED) is 0.343. The maximum atomic E-state index is 12.8. The van der Waals surface area contributed by atoms with E-state index in [-0.39, 0.29) is 11.3 Å². The highest BCUT2D eigenvalue weighted by molar-refractivity contribution is 6.10. The normalized spacial score (nSPS) is 11.6. The molecule has 11 heteroatoms. The first-order valence-corrected chi connectivity index (χ1v) is 10.6. The highest BCUT2D eigenvalue weighted by Gasteiger charge is 2.31. The van der Waals surface area contributed by atoms with Gasteiger partial charge in [0.15, 0.2) is 11.4 Å². The number of hydrogen-bond acceptors (Lipinski definition) is 5. The molecule has 2 heterocycles. The molecule has 0 aliphatic heterocycles. The third kappa shape index (κ3) is 4.45. The molecule has 0 aliphatic rings. The number of aryl methyl sites for hydroxylation is 1. The van der Waals surface area contributed by atoms with E-state index in [4.69, 9.17) is 4.74 Å². The average Bonchev–Trinajstić information content (AvgIpc) is 3.14. The fraction of sp³-hybridized carbons (Fsp3) is 0.0800. The topological polar surface area (TPSA) is 98.2 Å². The number of pyridine rings is 1. The first-order chi connectivity index (χ1) is 17.2. The summed E-state index contributed by atoms with van der Waals surface area (Å²) in [6.07, 6.45) is -3.35. The van der Waals surface area contributed by atoms with Crippen LogP contribution in [-0.2, 0) is 7.05 Å². The van der Waals surface area contributed by atoms with Crippen LogP contribution < -0.4 is 20.5 Å². The van der Waals surface area contributed by atoms with Crippen molar-refractivity contribution in [2.75, 3.05) is 5.32 Å². The van der Waals surface area contributed by atoms with Crippen LogP contribution in [-0.4, -0.2) is 26.8 Å². The summed E-state index contributed by atoms with van der Waals surface area (Å²) in [5, 5.41) is 4.03. The number of hydrogen-bond donors (Lipinski definition) is 2. The summed E-state index contributed by atoms with van der Waals surface area (Å²) in [6.45, 7) is 0. The smallest absolute Gasteiger partial charge is 0.454 e. The Morgan fingerprint density at radius 2 is 1.78 bits per heavy atom. The summed E-state index contributed by atoms with van der Waals surface area (Å²) in [4.78, 5) is 31.6. The standard InChI is InChI=1S/C25H17F3N4O4/c1-32-21-20(11-12-29-22(21)31-24(32)34)35-19-10-9-18(16-7-2-3-8-17(16)19)30-23(33)14-5-4-6-15(13-14)36-25(26,27)28/h2-13H,1H3,(H,30,33)(H,29,31,34). The van der Waals surface area contributed by atoms with E-state index in [9.17, 15) is 22.8 Å². The van der Waals surface area contributed by atoms with Crippen LogP contribution in [0.3, 0.4) is 0 Å². The zero-order chi connectivity index (χ0) is 25.4. The van der Waals surface area contributed by atoms with Crippen LogP contribution in [0.15, 0.2) is 77.7 Å². The Hall–Kier alpha value is -4.80. The molecule has 0 saturated carbocycles. The molecule has 3 aromatic carbocycles. The molecular formula is C25H17F3N4O4. The molecule has 0 aliphatic carbocycles. The fourth-order valence-corrected chi connectivity index (χ4v) is 3.84. The average molecular weight is 494 g/mol. The highest BCUT2D eigenvalue weighted by atomic mass is 19.4. The zero-order valence-corrected chi connectivity index (χ0v) is 18.6. The minimum absolute atomic E-state index is 0.00582. The summed E-state index contributed by atoms with van der Waals surface area (Å²) in [5.74, 6) is -0.235. The minimum atomic E-state index is -4.87. The molecule has 8 nitrogen and oxygen atoms in total. The summed E-state index contributed by atoms with van der Waals surface area (Å²) in [5.41, 5.74) is 0.962. The van der Waals surface area contributed by atoms with E-state index in [0.717, 1.165) is 12.1 Å². The predicted octanol–water partition coefficient (Wildman–Crippen LogP) is 5.36. The van der Waals surface area contributed by atoms with Crippen molar-refractivity contribution in [3.8, 4) is 17.2 Å². The molecule has 5 aromatic rings. The van der Waals surface area contributed by atoms with Crippen molar-refractivity contribution in [1.82, 2.24) is 14.5 Å². The lowest BCUT2D eigenvalue weighted by molar-refractivity contribution is -0.274. The molecule has 5 rings (SSSR count). The number of rotatable bonds is 5. The first kappa shape index (κ1) is 23.0. The van der Waals surface area contributed by atoms with Crippen molar-refractivity contribution < 1.29 is 27.4 Å². The third-order valence-corrected chi connectivity index (χ3v) is 5.43. The number of nitrogens with zero attached hydrogens (tertiary/aromatic N) is 2. The number of H-pyrrole nitrogens is 1. The van der Waals surface area contributed by atoms with Crippen molar-refractivity contribution in [2.24, 2.45) is 7.05 Å². The van der Waals surface area contributed by atoms with Gasteiger partial charge in [-0.2, -0.15) is 0 Å². The largest absolute Gasteiger partial charge is 0.573 e. The Morgan fingerprint density at radius 1 is 1.00 bits per heavy atom. The molecule has 36 heavy (non-hydrogen) atoms. The summed E-state index contributed by atoms with van der Waals surface area (Å²) in [7, 11) is 1.60. The molecule has 182 valence electrons. The van der Waals surface area contributed by atoms with Crippen molar-refractivity contribution in [2.45, 2.75) is 6.36 Å². The van der Waals surface area contributed by atoms with E-state index in [1.807, 2.05) is 0 Å². The van der Waals surface area contributed by atoms with Gasteiger partial charge in [0.05, 0.1) is 0 Å². The van der Waals surface area contributed by atoms with Gasteiger partial charge < -0.3 is 14.8 Å². The predicted molar refractivity (Wildman–Crippen MR) is 126 cm³/mol. The molecule has 1 amide bonds. The van der Waals surface area contributed by atoms with Gasteiger partial charge >= 0.3 is 12.1 Å². The molecule has 0 radical (unpaired) electrons. The Morgan fingerprint density at radius 3 is 2.56 bits per heavy atom. The van der Waals surface area contributed by atoms with Gasteiger partial charge in [-0.15, -0.1) is 13.2 Å². The Bertz CT molecular complexity index is 1670. The van der Waals surface area contributed by atoms with Crippen LogP contribution in [0.1, 0.15) is 10.4 Å². The molecule has 0 saturated heterocycles. The molecule has 2 N–H and O–H groups in total. The molecule has 0 atom stereocenters. The van der Waals surface area contributed by atoms with E-state index in [1.54, 1.807) is 49.5 Å². The van der Waals surface area contributed by atoms with Gasteiger partial charge in [-0.25, -0.2) is 9.78 Å². The van der Waals surface area contributed by atoms with Gasteiger partial charge in [-0.1, -0.05) is 30.3 Å². The number of ether oxygens (including phenoxy) is 2. The number of nitrogens with one attached hydrogen (secondary N) is 2. The number of anilines is 1. The van der Waals surface area contributed by atoms with Gasteiger partial charge in [-0.05, 0) is 30.3 Å². The molecule has 0 unspecified atom stereocenters. The number of amides is 1. The van der Waals surface area contributed by atoms with Gasteiger partial charge in [0.2, 0.25) is 0 Å². The summed E-state index contributed by atoms with van der Waals surface area (Å²) >= 11 is 0. The number of benzene rings is 3. The minimum Gasteiger partial charge on any atom is -0.454 e. The molecule has 0 bridgehead atoms. The second kappa shape index (κ2) is 8.77. The van der Waals surface area contributed by atoms with Crippen LogP contribution in [0.5, 0.6) is 17.2 Å². The number of carbonyl (C=O) groups is 1. The third-order valence-electron chi connectivity index (χ3n) is 5.43. The maximum Gasteiger partial charge on any atom is 0.573 e. The molecular weight excluding hydrogens is 477 g/mol. The second-order valence-electron chi connectivity index (χ2n) is 7.78. The molecule has 2 aromatic heterocycles.